The number of nitrogens with zero attached hydrogens (tertiary/aromatic N) is 1. The fraction of sp³-hybridized carbons (Fsp3) is 0.471. The number of benzene rings is 1. The Bertz CT molecular complexity index is 495. The second-order valence-electron chi connectivity index (χ2n) is 6.14. The summed E-state index contributed by atoms with van der Waals surface area (Å²) >= 11 is 0. The maximum Gasteiger partial charge on any atom is 0.136 e. The SMILES string of the molecule is C=C(C)[C@@H]1CC[C@@](C)([NH2+]Cc2ccccc2)/C(=N\O)C1. The summed E-state index contributed by atoms with van der Waals surface area (Å²) in [4.78, 5) is 0. The van der Waals surface area contributed by atoms with Crippen LogP contribution in [0.5, 0.6) is 0 Å². The van der Waals surface area contributed by atoms with Crippen molar-refractivity contribution in [1.29, 1.82) is 0 Å². The average Bonchev–Trinajstić information content (AvgIpc) is 2.46. The molecule has 1 aliphatic carbocycles. The van der Waals surface area contributed by atoms with E-state index in [1.807, 2.05) is 6.07 Å². The molecule has 2 rings (SSSR count). The molecule has 0 aromatic heterocycles. The minimum atomic E-state index is -0.101. The molecule has 0 aliphatic heterocycles. The highest BCUT2D eigenvalue weighted by atomic mass is 16.4. The molecule has 1 aliphatic rings. The number of oxime groups is 1. The first kappa shape index (κ1) is 14.8. The Morgan fingerprint density at radius 1 is 1.45 bits per heavy atom. The van der Waals surface area contributed by atoms with Crippen LogP contribution in [0.4, 0.5) is 0 Å². The molecule has 1 aromatic carbocycles. The predicted molar refractivity (Wildman–Crippen MR) is 81.9 cm³/mol. The lowest BCUT2D eigenvalue weighted by atomic mass is 9.74. The monoisotopic (exact) mass is 273 g/mol. The van der Waals surface area contributed by atoms with Gasteiger partial charge in [-0.05, 0) is 26.2 Å². The number of hydrogen-bond acceptors (Lipinski definition) is 2. The summed E-state index contributed by atoms with van der Waals surface area (Å²) in [6, 6.07) is 10.4. The molecule has 0 bridgehead atoms. The molecule has 3 nitrogen and oxygen atoms in total. The fourth-order valence-electron chi connectivity index (χ4n) is 2.94. The molecule has 108 valence electrons. The van der Waals surface area contributed by atoms with Gasteiger partial charge in [-0.25, -0.2) is 0 Å². The van der Waals surface area contributed by atoms with Crippen LogP contribution in [-0.2, 0) is 6.54 Å². The number of nitrogens with two attached hydrogens (primary N) is 1. The van der Waals surface area contributed by atoms with Crippen LogP contribution >= 0.6 is 0 Å². The Hall–Kier alpha value is -1.61. The lowest BCUT2D eigenvalue weighted by molar-refractivity contribution is -0.723. The summed E-state index contributed by atoms with van der Waals surface area (Å²) in [7, 11) is 0. The first-order chi connectivity index (χ1) is 9.55. The van der Waals surface area contributed by atoms with E-state index in [0.29, 0.717) is 5.92 Å². The molecular formula is C17H25N2O+. The van der Waals surface area contributed by atoms with Crippen LogP contribution in [0.25, 0.3) is 0 Å². The first-order valence-corrected chi connectivity index (χ1v) is 7.30. The third kappa shape index (κ3) is 3.28. The smallest absolute Gasteiger partial charge is 0.136 e. The summed E-state index contributed by atoms with van der Waals surface area (Å²) in [6.45, 7) is 9.20. The Kier molecular flexibility index (Phi) is 4.61. The number of rotatable bonds is 4. The molecule has 1 aromatic rings. The van der Waals surface area contributed by atoms with Gasteiger partial charge in [0.05, 0.1) is 0 Å². The van der Waals surface area contributed by atoms with Crippen LogP contribution in [0.3, 0.4) is 0 Å². The highest BCUT2D eigenvalue weighted by Crippen LogP contribution is 2.31. The van der Waals surface area contributed by atoms with Crippen molar-refractivity contribution < 1.29 is 10.5 Å². The van der Waals surface area contributed by atoms with Gasteiger partial charge in [-0.3, -0.25) is 0 Å². The van der Waals surface area contributed by atoms with Crippen LogP contribution < -0.4 is 5.32 Å². The molecule has 0 saturated heterocycles. The summed E-state index contributed by atoms with van der Waals surface area (Å²) in [6.07, 6.45) is 2.97. The third-order valence-electron chi connectivity index (χ3n) is 4.56. The van der Waals surface area contributed by atoms with E-state index < -0.39 is 0 Å². The highest BCUT2D eigenvalue weighted by Gasteiger charge is 2.40. The Labute approximate surface area is 121 Å². The zero-order valence-electron chi connectivity index (χ0n) is 12.5. The summed E-state index contributed by atoms with van der Waals surface area (Å²) < 4.78 is 0. The molecule has 3 N–H and O–H groups in total. The van der Waals surface area contributed by atoms with Crippen LogP contribution in [0.2, 0.25) is 0 Å². The van der Waals surface area contributed by atoms with Gasteiger partial charge in [-0.2, -0.15) is 0 Å². The van der Waals surface area contributed by atoms with E-state index in [1.54, 1.807) is 0 Å². The van der Waals surface area contributed by atoms with E-state index in [0.717, 1.165) is 31.5 Å². The maximum atomic E-state index is 9.36. The van der Waals surface area contributed by atoms with Crippen molar-refractivity contribution in [3.63, 3.8) is 0 Å². The molecule has 0 spiro atoms. The van der Waals surface area contributed by atoms with Gasteiger partial charge in [-0.15, -0.1) is 0 Å². The van der Waals surface area contributed by atoms with Crippen molar-refractivity contribution in [3.05, 3.63) is 48.0 Å². The number of hydrogen-bond donors (Lipinski definition) is 2. The van der Waals surface area contributed by atoms with Crippen molar-refractivity contribution in [2.75, 3.05) is 0 Å². The van der Waals surface area contributed by atoms with Crippen molar-refractivity contribution in [3.8, 4) is 0 Å². The van der Waals surface area contributed by atoms with E-state index in [4.69, 9.17) is 0 Å². The molecule has 0 unspecified atom stereocenters. The third-order valence-corrected chi connectivity index (χ3v) is 4.56. The second-order valence-corrected chi connectivity index (χ2v) is 6.14. The molecule has 0 radical (unpaired) electrons. The van der Waals surface area contributed by atoms with Gasteiger partial charge in [0, 0.05) is 18.4 Å². The standard InChI is InChI=1S/C17H24N2O/c1-13(2)15-9-10-17(3,16(11-15)19-20)18-12-14-7-5-4-6-8-14/h4-8,15,18,20H,1,9-12H2,2-3H3/p+1/b19-16-/t15-,17-/m1/s1. The minimum absolute atomic E-state index is 0.101. The van der Waals surface area contributed by atoms with E-state index in [9.17, 15) is 5.21 Å². The van der Waals surface area contributed by atoms with Crippen molar-refractivity contribution in [2.24, 2.45) is 11.1 Å². The number of quaternary nitrogens is 1. The largest absolute Gasteiger partial charge is 0.411 e. The van der Waals surface area contributed by atoms with E-state index >= 15 is 0 Å². The molecule has 2 atom stereocenters. The van der Waals surface area contributed by atoms with E-state index in [1.165, 1.54) is 11.1 Å². The van der Waals surface area contributed by atoms with Crippen LogP contribution in [0, 0.1) is 5.92 Å². The quantitative estimate of drug-likeness (QED) is 0.494. The predicted octanol–water partition coefficient (Wildman–Crippen LogP) is 2.72. The zero-order valence-corrected chi connectivity index (χ0v) is 12.5. The van der Waals surface area contributed by atoms with Crippen LogP contribution in [0.15, 0.2) is 47.6 Å². The van der Waals surface area contributed by atoms with Crippen LogP contribution in [-0.4, -0.2) is 16.5 Å². The van der Waals surface area contributed by atoms with Gasteiger partial charge in [0.15, 0.2) is 0 Å². The molecule has 3 heteroatoms. The molecule has 1 saturated carbocycles. The van der Waals surface area contributed by atoms with Gasteiger partial charge >= 0.3 is 0 Å². The summed E-state index contributed by atoms with van der Waals surface area (Å²) in [5.74, 6) is 0.458. The Balaban J connectivity index is 2.04. The van der Waals surface area contributed by atoms with Gasteiger partial charge in [0.2, 0.25) is 0 Å². The topological polar surface area (TPSA) is 49.2 Å². The molecular weight excluding hydrogens is 248 g/mol. The van der Waals surface area contributed by atoms with Gasteiger partial charge in [0.25, 0.3) is 0 Å². The van der Waals surface area contributed by atoms with Gasteiger partial charge < -0.3 is 10.5 Å². The molecule has 20 heavy (non-hydrogen) atoms. The second kappa shape index (κ2) is 6.23. The molecule has 1 fully saturated rings. The Morgan fingerprint density at radius 3 is 2.75 bits per heavy atom. The highest BCUT2D eigenvalue weighted by molar-refractivity contribution is 5.92. The zero-order chi connectivity index (χ0) is 14.6. The van der Waals surface area contributed by atoms with Crippen molar-refractivity contribution >= 4 is 5.71 Å². The van der Waals surface area contributed by atoms with Crippen molar-refractivity contribution in [2.45, 2.75) is 45.2 Å². The lowest BCUT2D eigenvalue weighted by Gasteiger charge is -2.36. The van der Waals surface area contributed by atoms with E-state index in [-0.39, 0.29) is 5.54 Å². The van der Waals surface area contributed by atoms with Crippen molar-refractivity contribution in [1.82, 2.24) is 0 Å². The lowest BCUT2D eigenvalue weighted by Crippen LogP contribution is -2.97. The summed E-state index contributed by atoms with van der Waals surface area (Å²) in [5, 5.41) is 15.2. The van der Waals surface area contributed by atoms with Gasteiger partial charge in [-0.1, -0.05) is 47.6 Å². The fourth-order valence-corrected chi connectivity index (χ4v) is 2.94. The van der Waals surface area contributed by atoms with Crippen LogP contribution in [0.1, 0.15) is 38.7 Å². The van der Waals surface area contributed by atoms with E-state index in [2.05, 4.69) is 55.2 Å². The Morgan fingerprint density at radius 2 is 2.15 bits per heavy atom. The number of allylic oxidation sites excluding steroid dienone is 1. The maximum absolute atomic E-state index is 9.36. The van der Waals surface area contributed by atoms with Gasteiger partial charge in [0.1, 0.15) is 17.8 Å². The normalized spacial score (nSPS) is 28.5. The minimum Gasteiger partial charge on any atom is -0.411 e. The molecule has 0 amide bonds. The average molecular weight is 273 g/mol. The first-order valence-electron chi connectivity index (χ1n) is 7.30. The summed E-state index contributed by atoms with van der Waals surface area (Å²) in [5.41, 5.74) is 3.29. The molecule has 0 heterocycles.